The van der Waals surface area contributed by atoms with Gasteiger partial charge in [-0.3, -0.25) is 14.7 Å². The van der Waals surface area contributed by atoms with Crippen LogP contribution in [0.4, 0.5) is 5.69 Å². The fraction of sp³-hybridized carbons (Fsp3) is 0.500. The molecule has 2 aromatic rings. The van der Waals surface area contributed by atoms with Gasteiger partial charge in [0, 0.05) is 18.1 Å². The second kappa shape index (κ2) is 6.89. The summed E-state index contributed by atoms with van der Waals surface area (Å²) in [5.41, 5.74) is 1.77. The van der Waals surface area contributed by atoms with E-state index in [1.165, 1.54) is 32.1 Å². The smallest absolute Gasteiger partial charge is 0.238 e. The molecule has 1 saturated heterocycles. The number of hydrogen-bond donors (Lipinski definition) is 1. The van der Waals surface area contributed by atoms with Crippen molar-refractivity contribution < 1.29 is 4.79 Å². The Kier molecular flexibility index (Phi) is 4.48. The van der Waals surface area contributed by atoms with Crippen LogP contribution in [0, 0.1) is 11.8 Å². The topological polar surface area (TPSA) is 45.2 Å². The predicted molar refractivity (Wildman–Crippen MR) is 96.9 cm³/mol. The van der Waals surface area contributed by atoms with Gasteiger partial charge in [-0.1, -0.05) is 25.3 Å². The minimum atomic E-state index is 0.0839. The number of carbonyl (C=O) groups is 1. The van der Waals surface area contributed by atoms with Crippen LogP contribution < -0.4 is 5.32 Å². The summed E-state index contributed by atoms with van der Waals surface area (Å²) in [4.78, 5) is 19.2. The van der Waals surface area contributed by atoms with Crippen LogP contribution >= 0.6 is 0 Å². The summed E-state index contributed by atoms with van der Waals surface area (Å²) in [5, 5.41) is 4.08. The van der Waals surface area contributed by atoms with Crippen LogP contribution in [0.25, 0.3) is 10.9 Å². The Hall–Kier alpha value is -1.94. The molecule has 1 aromatic heterocycles. The highest BCUT2D eigenvalue weighted by Crippen LogP contribution is 2.35. The number of aromatic nitrogens is 1. The Morgan fingerprint density at radius 2 is 2.00 bits per heavy atom. The van der Waals surface area contributed by atoms with E-state index in [1.54, 1.807) is 6.20 Å². The summed E-state index contributed by atoms with van der Waals surface area (Å²) in [6.45, 7) is 2.65. The van der Waals surface area contributed by atoms with E-state index in [0.717, 1.165) is 41.5 Å². The summed E-state index contributed by atoms with van der Waals surface area (Å²) >= 11 is 0. The van der Waals surface area contributed by atoms with Gasteiger partial charge in [0.15, 0.2) is 0 Å². The molecule has 24 heavy (non-hydrogen) atoms. The van der Waals surface area contributed by atoms with Crippen LogP contribution in [0.5, 0.6) is 0 Å². The molecule has 0 radical (unpaired) electrons. The highest BCUT2D eigenvalue weighted by Gasteiger charge is 2.31. The maximum absolute atomic E-state index is 12.5. The number of pyridine rings is 1. The van der Waals surface area contributed by atoms with Gasteiger partial charge in [0.25, 0.3) is 0 Å². The van der Waals surface area contributed by atoms with E-state index in [1.807, 2.05) is 30.3 Å². The third kappa shape index (κ3) is 3.29. The molecular weight excluding hydrogens is 298 g/mol. The normalized spacial score (nSPS) is 24.5. The molecule has 1 aliphatic heterocycles. The molecule has 2 heterocycles. The molecule has 1 amide bonds. The summed E-state index contributed by atoms with van der Waals surface area (Å²) in [5.74, 6) is 1.80. The van der Waals surface area contributed by atoms with E-state index in [4.69, 9.17) is 0 Å². The Balaban J connectivity index is 1.39. The molecule has 1 aliphatic carbocycles. The number of nitrogens with zero attached hydrogens (tertiary/aromatic N) is 2. The SMILES string of the molecule is O=C(CN1CCC2CCCCC2C1)Nc1cccc2ncccc12. The number of anilines is 1. The number of fused-ring (bicyclic) bond motifs is 2. The zero-order valence-electron chi connectivity index (χ0n) is 14.1. The Bertz CT molecular complexity index is 724. The van der Waals surface area contributed by atoms with Crippen molar-refractivity contribution in [3.63, 3.8) is 0 Å². The van der Waals surface area contributed by atoms with Gasteiger partial charge in [0.1, 0.15) is 0 Å². The number of amides is 1. The molecule has 2 fully saturated rings. The largest absolute Gasteiger partial charge is 0.324 e. The second-order valence-corrected chi connectivity index (χ2v) is 7.25. The van der Waals surface area contributed by atoms with Crippen LogP contribution in [0.3, 0.4) is 0 Å². The Morgan fingerprint density at radius 3 is 2.92 bits per heavy atom. The van der Waals surface area contributed by atoms with E-state index in [2.05, 4.69) is 15.2 Å². The zero-order valence-corrected chi connectivity index (χ0v) is 14.1. The zero-order chi connectivity index (χ0) is 16.4. The van der Waals surface area contributed by atoms with Gasteiger partial charge in [-0.15, -0.1) is 0 Å². The fourth-order valence-electron chi connectivity index (χ4n) is 4.42. The van der Waals surface area contributed by atoms with Crippen LogP contribution in [0.1, 0.15) is 32.1 Å². The molecule has 4 rings (SSSR count). The molecule has 4 nitrogen and oxygen atoms in total. The quantitative estimate of drug-likeness (QED) is 0.937. The van der Waals surface area contributed by atoms with Crippen LogP contribution in [0.2, 0.25) is 0 Å². The lowest BCUT2D eigenvalue weighted by atomic mass is 9.75. The lowest BCUT2D eigenvalue weighted by molar-refractivity contribution is -0.118. The molecular formula is C20H25N3O. The van der Waals surface area contributed by atoms with Gasteiger partial charge in [0.2, 0.25) is 5.91 Å². The number of benzene rings is 1. The van der Waals surface area contributed by atoms with E-state index >= 15 is 0 Å². The van der Waals surface area contributed by atoms with E-state index in [0.29, 0.717) is 6.54 Å². The van der Waals surface area contributed by atoms with Gasteiger partial charge in [-0.2, -0.15) is 0 Å². The van der Waals surface area contributed by atoms with Crippen molar-refractivity contribution in [2.75, 3.05) is 25.0 Å². The summed E-state index contributed by atoms with van der Waals surface area (Å²) < 4.78 is 0. The highest BCUT2D eigenvalue weighted by molar-refractivity contribution is 6.01. The molecule has 2 aliphatic rings. The number of rotatable bonds is 3. The lowest BCUT2D eigenvalue weighted by Crippen LogP contribution is -2.44. The standard InChI is InChI=1S/C20H25N3O/c24-20(14-23-12-10-15-5-1-2-6-16(15)13-23)22-19-9-3-8-18-17(19)7-4-11-21-18/h3-4,7-9,11,15-16H,1-2,5-6,10,12-14H2,(H,22,24). The predicted octanol–water partition coefficient (Wildman–Crippen LogP) is 3.69. The van der Waals surface area contributed by atoms with Crippen molar-refractivity contribution in [2.24, 2.45) is 11.8 Å². The number of hydrogen-bond acceptors (Lipinski definition) is 3. The first-order valence-corrected chi connectivity index (χ1v) is 9.15. The van der Waals surface area contributed by atoms with Gasteiger partial charge in [0.05, 0.1) is 17.7 Å². The van der Waals surface area contributed by atoms with Crippen molar-refractivity contribution in [1.29, 1.82) is 0 Å². The maximum atomic E-state index is 12.5. The van der Waals surface area contributed by atoms with Gasteiger partial charge in [-0.25, -0.2) is 0 Å². The first kappa shape index (κ1) is 15.6. The summed E-state index contributed by atoms with van der Waals surface area (Å²) in [6.07, 6.45) is 8.55. The van der Waals surface area contributed by atoms with Gasteiger partial charge < -0.3 is 5.32 Å². The van der Waals surface area contributed by atoms with Crippen LogP contribution in [-0.2, 0) is 4.79 Å². The van der Waals surface area contributed by atoms with Gasteiger partial charge in [-0.05, 0) is 55.5 Å². The van der Waals surface area contributed by atoms with Gasteiger partial charge >= 0.3 is 0 Å². The molecule has 2 atom stereocenters. The van der Waals surface area contributed by atoms with Crippen molar-refractivity contribution in [2.45, 2.75) is 32.1 Å². The Labute approximate surface area is 143 Å². The van der Waals surface area contributed by atoms with Crippen molar-refractivity contribution in [1.82, 2.24) is 9.88 Å². The molecule has 126 valence electrons. The van der Waals surface area contributed by atoms with E-state index in [9.17, 15) is 4.79 Å². The average molecular weight is 323 g/mol. The van der Waals surface area contributed by atoms with E-state index < -0.39 is 0 Å². The molecule has 0 spiro atoms. The molecule has 1 N–H and O–H groups in total. The van der Waals surface area contributed by atoms with E-state index in [-0.39, 0.29) is 5.91 Å². The number of carbonyl (C=O) groups excluding carboxylic acids is 1. The second-order valence-electron chi connectivity index (χ2n) is 7.25. The fourth-order valence-corrected chi connectivity index (χ4v) is 4.42. The molecule has 1 aromatic carbocycles. The van der Waals surface area contributed by atoms with Crippen LogP contribution in [-0.4, -0.2) is 35.4 Å². The molecule has 2 unspecified atom stereocenters. The first-order chi connectivity index (χ1) is 11.8. The first-order valence-electron chi connectivity index (χ1n) is 9.15. The third-order valence-corrected chi connectivity index (χ3v) is 5.66. The number of likely N-dealkylation sites (tertiary alicyclic amines) is 1. The lowest BCUT2D eigenvalue weighted by Gasteiger charge is -2.41. The van der Waals surface area contributed by atoms with Crippen molar-refractivity contribution in [3.8, 4) is 0 Å². The number of nitrogens with one attached hydrogen (secondary N) is 1. The van der Waals surface area contributed by atoms with Crippen molar-refractivity contribution in [3.05, 3.63) is 36.5 Å². The molecule has 1 saturated carbocycles. The number of piperidine rings is 1. The van der Waals surface area contributed by atoms with Crippen LogP contribution in [0.15, 0.2) is 36.5 Å². The monoisotopic (exact) mass is 323 g/mol. The summed E-state index contributed by atoms with van der Waals surface area (Å²) in [6, 6.07) is 9.78. The average Bonchev–Trinajstić information content (AvgIpc) is 2.62. The highest BCUT2D eigenvalue weighted by atomic mass is 16.2. The minimum Gasteiger partial charge on any atom is -0.324 e. The third-order valence-electron chi connectivity index (χ3n) is 5.66. The molecule has 4 heteroatoms. The molecule has 0 bridgehead atoms. The summed E-state index contributed by atoms with van der Waals surface area (Å²) in [7, 11) is 0. The minimum absolute atomic E-state index is 0.0839. The maximum Gasteiger partial charge on any atom is 0.238 e. The Morgan fingerprint density at radius 1 is 1.12 bits per heavy atom. The van der Waals surface area contributed by atoms with Crippen molar-refractivity contribution >= 4 is 22.5 Å².